The van der Waals surface area contributed by atoms with Crippen molar-refractivity contribution in [3.8, 4) is 5.75 Å². The van der Waals surface area contributed by atoms with Gasteiger partial charge < -0.3 is 15.0 Å². The number of carbonyl (C=O) groups is 1. The predicted molar refractivity (Wildman–Crippen MR) is 75.1 cm³/mol. The molecule has 1 heterocycles. The summed E-state index contributed by atoms with van der Waals surface area (Å²) in [5.74, 6) is 1.30. The van der Waals surface area contributed by atoms with E-state index in [4.69, 9.17) is 4.74 Å². The van der Waals surface area contributed by atoms with Gasteiger partial charge in [-0.2, -0.15) is 0 Å². The smallest absolute Gasteiger partial charge is 0.321 e. The Hall–Kier alpha value is -1.23. The maximum Gasteiger partial charge on any atom is 0.321 e. The number of rotatable bonds is 2. The SMILES string of the molecule is COc1cc(NC(=O)N2CC[C@H](C)C2)ccc1Br. The van der Waals surface area contributed by atoms with Gasteiger partial charge in [-0.25, -0.2) is 4.79 Å². The number of methoxy groups -OCH3 is 1. The lowest BCUT2D eigenvalue weighted by Gasteiger charge is -2.17. The molecule has 1 N–H and O–H groups in total. The summed E-state index contributed by atoms with van der Waals surface area (Å²) in [6.07, 6.45) is 1.08. The van der Waals surface area contributed by atoms with Crippen LogP contribution < -0.4 is 10.1 Å². The summed E-state index contributed by atoms with van der Waals surface area (Å²) in [5, 5.41) is 2.89. The Bertz CT molecular complexity index is 451. The highest BCUT2D eigenvalue weighted by Gasteiger charge is 2.23. The third-order valence-electron chi connectivity index (χ3n) is 3.11. The maximum absolute atomic E-state index is 12.0. The van der Waals surface area contributed by atoms with Crippen LogP contribution in [0.25, 0.3) is 0 Å². The fourth-order valence-corrected chi connectivity index (χ4v) is 2.47. The third kappa shape index (κ3) is 2.96. The standard InChI is InChI=1S/C13H17BrN2O2/c1-9-5-6-16(8-9)13(17)15-10-3-4-11(14)12(7-10)18-2/h3-4,7,9H,5-6,8H2,1-2H3,(H,15,17)/t9-/m0/s1. The molecule has 0 bridgehead atoms. The van der Waals surface area contributed by atoms with Gasteiger partial charge >= 0.3 is 6.03 Å². The molecule has 0 aromatic heterocycles. The highest BCUT2D eigenvalue weighted by Crippen LogP contribution is 2.28. The monoisotopic (exact) mass is 312 g/mol. The Morgan fingerprint density at radius 2 is 2.33 bits per heavy atom. The summed E-state index contributed by atoms with van der Waals surface area (Å²) >= 11 is 3.38. The summed E-state index contributed by atoms with van der Waals surface area (Å²) in [5.41, 5.74) is 0.750. The minimum atomic E-state index is -0.0382. The average Bonchev–Trinajstić information content (AvgIpc) is 2.78. The second-order valence-electron chi connectivity index (χ2n) is 4.62. The first kappa shape index (κ1) is 13.2. The number of likely N-dealkylation sites (tertiary alicyclic amines) is 1. The van der Waals surface area contributed by atoms with E-state index < -0.39 is 0 Å². The molecule has 1 aromatic rings. The molecule has 0 spiro atoms. The number of hydrogen-bond donors (Lipinski definition) is 1. The molecule has 2 amide bonds. The molecule has 1 saturated heterocycles. The van der Waals surface area contributed by atoms with E-state index in [1.54, 1.807) is 7.11 Å². The first-order valence-electron chi connectivity index (χ1n) is 5.99. The van der Waals surface area contributed by atoms with Crippen molar-refractivity contribution < 1.29 is 9.53 Å². The summed E-state index contributed by atoms with van der Waals surface area (Å²) in [6, 6.07) is 5.48. The van der Waals surface area contributed by atoms with Crippen LogP contribution in [-0.4, -0.2) is 31.1 Å². The van der Waals surface area contributed by atoms with Crippen molar-refractivity contribution in [2.45, 2.75) is 13.3 Å². The van der Waals surface area contributed by atoms with Crippen LogP contribution in [-0.2, 0) is 0 Å². The molecule has 1 fully saturated rings. The number of benzene rings is 1. The van der Waals surface area contributed by atoms with Crippen molar-refractivity contribution in [2.75, 3.05) is 25.5 Å². The Labute approximate surface area is 115 Å². The third-order valence-corrected chi connectivity index (χ3v) is 3.77. The molecule has 0 unspecified atom stereocenters. The second kappa shape index (κ2) is 5.61. The average molecular weight is 313 g/mol. The van der Waals surface area contributed by atoms with E-state index in [1.165, 1.54) is 0 Å². The van der Waals surface area contributed by atoms with Crippen molar-refractivity contribution in [1.82, 2.24) is 4.90 Å². The molecule has 0 radical (unpaired) electrons. The summed E-state index contributed by atoms with van der Waals surface area (Å²) in [6.45, 7) is 3.83. The fourth-order valence-electron chi connectivity index (χ4n) is 2.06. The molecule has 0 saturated carbocycles. The minimum absolute atomic E-state index is 0.0382. The largest absolute Gasteiger partial charge is 0.495 e. The van der Waals surface area contributed by atoms with Crippen LogP contribution in [0.1, 0.15) is 13.3 Å². The van der Waals surface area contributed by atoms with Crippen molar-refractivity contribution in [3.05, 3.63) is 22.7 Å². The number of hydrogen-bond acceptors (Lipinski definition) is 2. The van der Waals surface area contributed by atoms with Gasteiger partial charge in [0.15, 0.2) is 0 Å². The van der Waals surface area contributed by atoms with Crippen LogP contribution in [0.15, 0.2) is 22.7 Å². The van der Waals surface area contributed by atoms with Crippen LogP contribution in [0.4, 0.5) is 10.5 Å². The molecule has 1 aromatic carbocycles. The Balaban J connectivity index is 2.03. The number of urea groups is 1. The zero-order valence-electron chi connectivity index (χ0n) is 10.6. The van der Waals surface area contributed by atoms with E-state index in [-0.39, 0.29) is 6.03 Å². The van der Waals surface area contributed by atoms with Gasteiger partial charge in [-0.05, 0) is 40.4 Å². The molecule has 18 heavy (non-hydrogen) atoms. The van der Waals surface area contributed by atoms with E-state index >= 15 is 0 Å². The van der Waals surface area contributed by atoms with Gasteiger partial charge in [0.2, 0.25) is 0 Å². The highest BCUT2D eigenvalue weighted by atomic mass is 79.9. The summed E-state index contributed by atoms with van der Waals surface area (Å²) in [4.78, 5) is 13.9. The van der Waals surface area contributed by atoms with Gasteiger partial charge in [0.05, 0.1) is 11.6 Å². The van der Waals surface area contributed by atoms with Gasteiger partial charge in [-0.3, -0.25) is 0 Å². The van der Waals surface area contributed by atoms with E-state index in [9.17, 15) is 4.79 Å². The number of nitrogens with zero attached hydrogens (tertiary/aromatic N) is 1. The lowest BCUT2D eigenvalue weighted by Crippen LogP contribution is -2.32. The number of halogens is 1. The molecular formula is C13H17BrN2O2. The quantitative estimate of drug-likeness (QED) is 0.910. The first-order valence-corrected chi connectivity index (χ1v) is 6.79. The molecular weight excluding hydrogens is 296 g/mol. The number of nitrogens with one attached hydrogen (secondary N) is 1. The topological polar surface area (TPSA) is 41.6 Å². The first-order chi connectivity index (χ1) is 8.60. The van der Waals surface area contributed by atoms with Gasteiger partial charge in [0, 0.05) is 24.8 Å². The van der Waals surface area contributed by atoms with Crippen LogP contribution in [0.2, 0.25) is 0 Å². The number of ether oxygens (including phenoxy) is 1. The van der Waals surface area contributed by atoms with Gasteiger partial charge in [-0.1, -0.05) is 6.92 Å². The van der Waals surface area contributed by atoms with Crippen molar-refractivity contribution in [3.63, 3.8) is 0 Å². The molecule has 4 nitrogen and oxygen atoms in total. The molecule has 2 rings (SSSR count). The summed E-state index contributed by atoms with van der Waals surface area (Å²) < 4.78 is 6.07. The van der Waals surface area contributed by atoms with Crippen molar-refractivity contribution >= 4 is 27.6 Å². The fraction of sp³-hybridized carbons (Fsp3) is 0.462. The van der Waals surface area contributed by atoms with Gasteiger partial charge in [0.1, 0.15) is 5.75 Å². The molecule has 1 aliphatic heterocycles. The Morgan fingerprint density at radius 3 is 2.94 bits per heavy atom. The normalized spacial score (nSPS) is 18.8. The van der Waals surface area contributed by atoms with E-state index in [0.29, 0.717) is 11.7 Å². The van der Waals surface area contributed by atoms with Crippen molar-refractivity contribution in [1.29, 1.82) is 0 Å². The highest BCUT2D eigenvalue weighted by molar-refractivity contribution is 9.10. The number of amides is 2. The maximum atomic E-state index is 12.0. The van der Waals surface area contributed by atoms with Crippen LogP contribution in [0, 0.1) is 5.92 Å². The lowest BCUT2D eigenvalue weighted by atomic mass is 10.2. The molecule has 1 aliphatic rings. The summed E-state index contributed by atoms with van der Waals surface area (Å²) in [7, 11) is 1.61. The lowest BCUT2D eigenvalue weighted by molar-refractivity contribution is 0.221. The Morgan fingerprint density at radius 1 is 1.56 bits per heavy atom. The van der Waals surface area contributed by atoms with Crippen LogP contribution in [0.5, 0.6) is 5.75 Å². The Kier molecular flexibility index (Phi) is 4.11. The van der Waals surface area contributed by atoms with E-state index in [1.807, 2.05) is 23.1 Å². The molecule has 1 atom stereocenters. The second-order valence-corrected chi connectivity index (χ2v) is 5.47. The van der Waals surface area contributed by atoms with E-state index in [2.05, 4.69) is 28.2 Å². The van der Waals surface area contributed by atoms with Crippen LogP contribution in [0.3, 0.4) is 0 Å². The predicted octanol–water partition coefficient (Wildman–Crippen LogP) is 3.33. The zero-order chi connectivity index (χ0) is 13.1. The van der Waals surface area contributed by atoms with Crippen LogP contribution >= 0.6 is 15.9 Å². The molecule has 98 valence electrons. The zero-order valence-corrected chi connectivity index (χ0v) is 12.2. The van der Waals surface area contributed by atoms with Crippen molar-refractivity contribution in [2.24, 2.45) is 5.92 Å². The molecule has 0 aliphatic carbocycles. The van der Waals surface area contributed by atoms with Gasteiger partial charge in [-0.15, -0.1) is 0 Å². The van der Waals surface area contributed by atoms with E-state index in [0.717, 1.165) is 29.7 Å². The van der Waals surface area contributed by atoms with Gasteiger partial charge in [0.25, 0.3) is 0 Å². The minimum Gasteiger partial charge on any atom is -0.495 e. The molecule has 5 heteroatoms. The number of carbonyl (C=O) groups excluding carboxylic acids is 1. The number of anilines is 1.